The highest BCUT2D eigenvalue weighted by Crippen LogP contribution is 2.34. The normalized spacial score (nSPS) is 16.2. The highest BCUT2D eigenvalue weighted by atomic mass is 16.2. The van der Waals surface area contributed by atoms with Gasteiger partial charge in [-0.1, -0.05) is 17.2 Å². The molecule has 1 aromatic carbocycles. The molecule has 0 atom stereocenters. The fourth-order valence-electron chi connectivity index (χ4n) is 4.90. The van der Waals surface area contributed by atoms with Crippen molar-refractivity contribution in [1.29, 1.82) is 0 Å². The van der Waals surface area contributed by atoms with Crippen LogP contribution in [0.5, 0.6) is 0 Å². The van der Waals surface area contributed by atoms with Crippen molar-refractivity contribution in [1.82, 2.24) is 24.6 Å². The van der Waals surface area contributed by atoms with Gasteiger partial charge in [0.1, 0.15) is 0 Å². The van der Waals surface area contributed by atoms with E-state index in [0.29, 0.717) is 16.9 Å². The van der Waals surface area contributed by atoms with Crippen LogP contribution in [0, 0.1) is 13.8 Å². The highest BCUT2D eigenvalue weighted by Gasteiger charge is 2.27. The van der Waals surface area contributed by atoms with E-state index in [0.717, 1.165) is 73.6 Å². The molecule has 2 aliphatic heterocycles. The number of carbonyl (C=O) groups is 2. The smallest absolute Gasteiger partial charge is 0.256 e. The Morgan fingerprint density at radius 1 is 0.970 bits per heavy atom. The summed E-state index contributed by atoms with van der Waals surface area (Å²) in [5.74, 6) is 0.473. The Morgan fingerprint density at radius 3 is 2.55 bits per heavy atom. The third kappa shape index (κ3) is 4.18. The van der Waals surface area contributed by atoms with Crippen LogP contribution >= 0.6 is 0 Å². The molecular formula is C25H30N6O2. The van der Waals surface area contributed by atoms with Crippen LogP contribution in [0.25, 0.3) is 11.4 Å². The van der Waals surface area contributed by atoms with E-state index in [4.69, 9.17) is 0 Å². The molecule has 1 saturated heterocycles. The SMILES string of the molecule is Cc1cc(C)cc(C(=O)Nc2n[nH]c3c2CCn2cc(C(=O)N4CCCN(C)CC4)cc2-3)c1. The minimum atomic E-state index is -0.168. The largest absolute Gasteiger partial charge is 0.345 e. The van der Waals surface area contributed by atoms with E-state index < -0.39 is 0 Å². The van der Waals surface area contributed by atoms with Crippen molar-refractivity contribution in [2.75, 3.05) is 38.5 Å². The van der Waals surface area contributed by atoms with Crippen molar-refractivity contribution >= 4 is 17.6 Å². The van der Waals surface area contributed by atoms with Gasteiger partial charge in [-0.05, 0) is 58.5 Å². The molecule has 33 heavy (non-hydrogen) atoms. The summed E-state index contributed by atoms with van der Waals surface area (Å²) in [6, 6.07) is 7.75. The number of hydrogen-bond donors (Lipinski definition) is 2. The molecular weight excluding hydrogens is 416 g/mol. The quantitative estimate of drug-likeness (QED) is 0.647. The molecule has 1 fully saturated rings. The molecule has 4 heterocycles. The number of benzene rings is 1. The van der Waals surface area contributed by atoms with Crippen LogP contribution < -0.4 is 5.32 Å². The minimum Gasteiger partial charge on any atom is -0.345 e. The van der Waals surface area contributed by atoms with Crippen LogP contribution in [0.15, 0.2) is 30.5 Å². The summed E-state index contributed by atoms with van der Waals surface area (Å²) in [6.07, 6.45) is 3.67. The summed E-state index contributed by atoms with van der Waals surface area (Å²) in [5, 5.41) is 10.5. The first-order chi connectivity index (χ1) is 15.9. The molecule has 0 saturated carbocycles. The monoisotopic (exact) mass is 446 g/mol. The van der Waals surface area contributed by atoms with Gasteiger partial charge in [-0.25, -0.2) is 0 Å². The fraction of sp³-hybridized carbons (Fsp3) is 0.400. The van der Waals surface area contributed by atoms with Gasteiger partial charge in [0.05, 0.1) is 17.0 Å². The molecule has 2 aliphatic rings. The van der Waals surface area contributed by atoms with Gasteiger partial charge in [0.2, 0.25) is 0 Å². The summed E-state index contributed by atoms with van der Waals surface area (Å²) >= 11 is 0. The van der Waals surface area contributed by atoms with Gasteiger partial charge < -0.3 is 19.7 Å². The number of nitrogens with one attached hydrogen (secondary N) is 2. The number of rotatable bonds is 3. The maximum Gasteiger partial charge on any atom is 0.256 e. The van der Waals surface area contributed by atoms with E-state index >= 15 is 0 Å². The maximum absolute atomic E-state index is 13.2. The number of nitrogens with zero attached hydrogens (tertiary/aromatic N) is 4. The van der Waals surface area contributed by atoms with E-state index in [1.54, 1.807) is 0 Å². The summed E-state index contributed by atoms with van der Waals surface area (Å²) < 4.78 is 2.10. The lowest BCUT2D eigenvalue weighted by atomic mass is 10.0. The third-order valence-corrected chi connectivity index (χ3v) is 6.59. The Labute approximate surface area is 193 Å². The molecule has 0 bridgehead atoms. The minimum absolute atomic E-state index is 0.0802. The van der Waals surface area contributed by atoms with Crippen LogP contribution in [0.3, 0.4) is 0 Å². The van der Waals surface area contributed by atoms with Crippen molar-refractivity contribution in [3.8, 4) is 11.4 Å². The van der Waals surface area contributed by atoms with Crippen molar-refractivity contribution in [2.45, 2.75) is 33.2 Å². The zero-order valence-electron chi connectivity index (χ0n) is 19.4. The van der Waals surface area contributed by atoms with Gasteiger partial charge in [0, 0.05) is 43.5 Å². The Morgan fingerprint density at radius 2 is 1.76 bits per heavy atom. The number of hydrogen-bond acceptors (Lipinski definition) is 4. The number of amides is 2. The second-order valence-electron chi connectivity index (χ2n) is 9.26. The Bertz CT molecular complexity index is 1200. The van der Waals surface area contributed by atoms with Gasteiger partial charge in [-0.2, -0.15) is 5.10 Å². The lowest BCUT2D eigenvalue weighted by Crippen LogP contribution is -2.34. The van der Waals surface area contributed by atoms with E-state index in [9.17, 15) is 9.59 Å². The maximum atomic E-state index is 13.2. The zero-order valence-corrected chi connectivity index (χ0v) is 19.4. The predicted molar refractivity (Wildman–Crippen MR) is 128 cm³/mol. The molecule has 2 N–H and O–H groups in total. The van der Waals surface area contributed by atoms with E-state index in [1.165, 1.54) is 0 Å². The molecule has 0 aliphatic carbocycles. The first kappa shape index (κ1) is 21.5. The predicted octanol–water partition coefficient (Wildman–Crippen LogP) is 3.08. The molecule has 2 amide bonds. The van der Waals surface area contributed by atoms with Gasteiger partial charge in [0.15, 0.2) is 5.82 Å². The standard InChI is InChI=1S/C25H30N6O2/c1-16-11-17(2)13-18(12-16)24(32)26-23-20-5-8-31-15-19(14-21(31)22(20)27-28-23)25(33)30-7-4-6-29(3)9-10-30/h11-15H,4-10H2,1-3H3,(H2,26,27,28,32). The van der Waals surface area contributed by atoms with Crippen LogP contribution in [0.4, 0.5) is 5.82 Å². The molecule has 5 rings (SSSR count). The second-order valence-corrected chi connectivity index (χ2v) is 9.26. The first-order valence-electron chi connectivity index (χ1n) is 11.5. The van der Waals surface area contributed by atoms with Crippen LogP contribution in [-0.2, 0) is 13.0 Å². The van der Waals surface area contributed by atoms with Crippen molar-refractivity contribution < 1.29 is 9.59 Å². The van der Waals surface area contributed by atoms with Crippen molar-refractivity contribution in [2.24, 2.45) is 0 Å². The summed E-state index contributed by atoms with van der Waals surface area (Å²) in [4.78, 5) is 30.2. The summed E-state index contributed by atoms with van der Waals surface area (Å²) in [5.41, 5.74) is 6.22. The average Bonchev–Trinajstić information content (AvgIpc) is 3.32. The van der Waals surface area contributed by atoms with Gasteiger partial charge in [0.25, 0.3) is 11.8 Å². The summed E-state index contributed by atoms with van der Waals surface area (Å²) in [6.45, 7) is 8.16. The number of fused-ring (bicyclic) bond motifs is 3. The molecule has 8 heteroatoms. The van der Waals surface area contributed by atoms with E-state index in [2.05, 4.69) is 32.0 Å². The molecule has 172 valence electrons. The number of aromatic nitrogens is 3. The van der Waals surface area contributed by atoms with Crippen LogP contribution in [0.2, 0.25) is 0 Å². The van der Waals surface area contributed by atoms with E-state index in [-0.39, 0.29) is 11.8 Å². The average molecular weight is 447 g/mol. The van der Waals surface area contributed by atoms with Gasteiger partial charge in [-0.15, -0.1) is 0 Å². The van der Waals surface area contributed by atoms with Crippen molar-refractivity contribution in [3.05, 3.63) is 58.3 Å². The molecule has 2 aromatic heterocycles. The lowest BCUT2D eigenvalue weighted by molar-refractivity contribution is 0.0762. The van der Waals surface area contributed by atoms with Crippen LogP contribution in [0.1, 0.15) is 43.8 Å². The van der Waals surface area contributed by atoms with Crippen LogP contribution in [-0.4, -0.2) is 69.6 Å². The number of aromatic amines is 1. The summed E-state index contributed by atoms with van der Waals surface area (Å²) in [7, 11) is 2.10. The molecule has 8 nitrogen and oxygen atoms in total. The van der Waals surface area contributed by atoms with Gasteiger partial charge in [-0.3, -0.25) is 14.7 Å². The second kappa shape index (κ2) is 8.51. The van der Waals surface area contributed by atoms with Gasteiger partial charge >= 0.3 is 0 Å². The number of H-pyrrole nitrogens is 1. The number of aryl methyl sites for hydroxylation is 3. The Kier molecular flexibility index (Phi) is 5.54. The zero-order chi connectivity index (χ0) is 23.1. The topological polar surface area (TPSA) is 86.3 Å². The number of carbonyl (C=O) groups excluding carboxylic acids is 2. The lowest BCUT2D eigenvalue weighted by Gasteiger charge is -2.19. The molecule has 0 radical (unpaired) electrons. The number of likely N-dealkylation sites (N-methyl/N-ethyl adjacent to an activating group) is 1. The first-order valence-corrected chi connectivity index (χ1v) is 11.5. The third-order valence-electron chi connectivity index (χ3n) is 6.59. The van der Waals surface area contributed by atoms with Crippen molar-refractivity contribution in [3.63, 3.8) is 0 Å². The molecule has 0 unspecified atom stereocenters. The Balaban J connectivity index is 1.37. The Hall–Kier alpha value is -3.39. The number of anilines is 1. The molecule has 3 aromatic rings. The van der Waals surface area contributed by atoms with E-state index in [1.807, 2.05) is 49.2 Å². The highest BCUT2D eigenvalue weighted by molar-refractivity contribution is 6.05. The fourth-order valence-corrected chi connectivity index (χ4v) is 4.90. The molecule has 0 spiro atoms.